The standard InChI is InChI=1S/C19H26N6O2/c1-14-20-7-9-25(14)11-10-23(2)18(26)15-5-6-17-16(13-15)22-19(24(17)3)21-8-12-27-4/h5-7,9,13H,8,10-12H2,1-4H3,(H,21,22). The maximum absolute atomic E-state index is 12.8. The summed E-state index contributed by atoms with van der Waals surface area (Å²) < 4.78 is 9.06. The molecule has 1 aromatic carbocycles. The van der Waals surface area contributed by atoms with Crippen LogP contribution in [-0.2, 0) is 18.3 Å². The zero-order valence-corrected chi connectivity index (χ0v) is 16.3. The van der Waals surface area contributed by atoms with E-state index in [9.17, 15) is 4.79 Å². The van der Waals surface area contributed by atoms with Gasteiger partial charge in [0.25, 0.3) is 5.91 Å². The van der Waals surface area contributed by atoms with E-state index in [4.69, 9.17) is 4.74 Å². The lowest BCUT2D eigenvalue weighted by Crippen LogP contribution is -2.30. The lowest BCUT2D eigenvalue weighted by Gasteiger charge is -2.18. The number of methoxy groups -OCH3 is 1. The molecule has 27 heavy (non-hydrogen) atoms. The van der Waals surface area contributed by atoms with Gasteiger partial charge in [0.2, 0.25) is 5.95 Å². The summed E-state index contributed by atoms with van der Waals surface area (Å²) in [7, 11) is 5.43. The van der Waals surface area contributed by atoms with Gasteiger partial charge in [-0.3, -0.25) is 4.79 Å². The number of carbonyl (C=O) groups excluding carboxylic acids is 1. The Morgan fingerprint density at radius 1 is 1.37 bits per heavy atom. The Kier molecular flexibility index (Phi) is 5.75. The molecular weight excluding hydrogens is 344 g/mol. The van der Waals surface area contributed by atoms with Crippen molar-refractivity contribution in [3.63, 3.8) is 0 Å². The lowest BCUT2D eigenvalue weighted by atomic mass is 10.1. The van der Waals surface area contributed by atoms with Gasteiger partial charge >= 0.3 is 0 Å². The molecule has 1 N–H and O–H groups in total. The number of imidazole rings is 2. The highest BCUT2D eigenvalue weighted by Gasteiger charge is 2.15. The molecule has 0 atom stereocenters. The van der Waals surface area contributed by atoms with Gasteiger partial charge in [0.1, 0.15) is 5.82 Å². The van der Waals surface area contributed by atoms with Crippen LogP contribution in [0, 0.1) is 6.92 Å². The van der Waals surface area contributed by atoms with Crippen LogP contribution in [-0.4, -0.2) is 63.8 Å². The maximum Gasteiger partial charge on any atom is 0.253 e. The minimum atomic E-state index is -0.0192. The molecule has 2 aromatic heterocycles. The second kappa shape index (κ2) is 8.22. The Labute approximate surface area is 158 Å². The predicted molar refractivity (Wildman–Crippen MR) is 105 cm³/mol. The topological polar surface area (TPSA) is 77.2 Å². The summed E-state index contributed by atoms with van der Waals surface area (Å²) in [5.41, 5.74) is 2.40. The van der Waals surface area contributed by atoms with Crippen LogP contribution in [0.25, 0.3) is 11.0 Å². The van der Waals surface area contributed by atoms with Crippen molar-refractivity contribution in [3.8, 4) is 0 Å². The minimum Gasteiger partial charge on any atom is -0.383 e. The highest BCUT2D eigenvalue weighted by molar-refractivity contribution is 5.97. The van der Waals surface area contributed by atoms with Gasteiger partial charge in [-0.05, 0) is 25.1 Å². The minimum absolute atomic E-state index is 0.0192. The SMILES string of the molecule is COCCNc1nc2cc(C(=O)N(C)CCn3ccnc3C)ccc2n1C. The van der Waals surface area contributed by atoms with Crippen molar-refractivity contribution in [1.82, 2.24) is 24.0 Å². The number of nitrogens with zero attached hydrogens (tertiary/aromatic N) is 5. The van der Waals surface area contributed by atoms with E-state index in [0.717, 1.165) is 22.8 Å². The van der Waals surface area contributed by atoms with Gasteiger partial charge in [-0.1, -0.05) is 0 Å². The van der Waals surface area contributed by atoms with Crippen molar-refractivity contribution in [1.29, 1.82) is 0 Å². The number of carbonyl (C=O) groups is 1. The molecule has 8 heteroatoms. The van der Waals surface area contributed by atoms with E-state index in [2.05, 4.69) is 15.3 Å². The third kappa shape index (κ3) is 4.11. The number of fused-ring (bicyclic) bond motifs is 1. The van der Waals surface area contributed by atoms with Crippen molar-refractivity contribution >= 4 is 22.9 Å². The van der Waals surface area contributed by atoms with Gasteiger partial charge in [0.05, 0.1) is 17.6 Å². The maximum atomic E-state index is 12.8. The van der Waals surface area contributed by atoms with E-state index in [1.807, 2.05) is 54.5 Å². The first-order chi connectivity index (χ1) is 13.0. The van der Waals surface area contributed by atoms with E-state index in [0.29, 0.717) is 31.8 Å². The van der Waals surface area contributed by atoms with Gasteiger partial charge < -0.3 is 24.1 Å². The van der Waals surface area contributed by atoms with E-state index in [1.54, 1.807) is 18.2 Å². The van der Waals surface area contributed by atoms with E-state index < -0.39 is 0 Å². The summed E-state index contributed by atoms with van der Waals surface area (Å²) in [6.45, 7) is 4.56. The van der Waals surface area contributed by atoms with Crippen LogP contribution in [0.5, 0.6) is 0 Å². The molecule has 3 rings (SSSR count). The van der Waals surface area contributed by atoms with Gasteiger partial charge in [0.15, 0.2) is 0 Å². The number of aromatic nitrogens is 4. The van der Waals surface area contributed by atoms with Crippen molar-refractivity contribution in [2.75, 3.05) is 39.2 Å². The Balaban J connectivity index is 1.71. The summed E-state index contributed by atoms with van der Waals surface area (Å²) in [4.78, 5) is 23.3. The molecule has 3 aromatic rings. The summed E-state index contributed by atoms with van der Waals surface area (Å²) in [6, 6.07) is 5.63. The van der Waals surface area contributed by atoms with Crippen molar-refractivity contribution in [2.24, 2.45) is 7.05 Å². The van der Waals surface area contributed by atoms with E-state index in [1.165, 1.54) is 0 Å². The number of hydrogen-bond acceptors (Lipinski definition) is 5. The zero-order chi connectivity index (χ0) is 19.4. The van der Waals surface area contributed by atoms with E-state index in [-0.39, 0.29) is 5.91 Å². The fourth-order valence-corrected chi connectivity index (χ4v) is 2.98. The van der Waals surface area contributed by atoms with Gasteiger partial charge in [-0.15, -0.1) is 0 Å². The van der Waals surface area contributed by atoms with Crippen LogP contribution in [0.2, 0.25) is 0 Å². The first-order valence-electron chi connectivity index (χ1n) is 8.93. The Bertz CT molecular complexity index is 930. The monoisotopic (exact) mass is 370 g/mol. The average Bonchev–Trinajstić information content (AvgIpc) is 3.22. The molecule has 0 fully saturated rings. The molecule has 8 nitrogen and oxygen atoms in total. The molecule has 2 heterocycles. The molecule has 0 saturated heterocycles. The zero-order valence-electron chi connectivity index (χ0n) is 16.3. The molecule has 0 bridgehead atoms. The van der Waals surface area contributed by atoms with Crippen molar-refractivity contribution in [2.45, 2.75) is 13.5 Å². The van der Waals surface area contributed by atoms with Crippen molar-refractivity contribution < 1.29 is 9.53 Å². The molecule has 1 amide bonds. The largest absolute Gasteiger partial charge is 0.383 e. The van der Waals surface area contributed by atoms with Gasteiger partial charge in [0, 0.05) is 58.8 Å². The normalized spacial score (nSPS) is 11.1. The Hall–Kier alpha value is -2.87. The molecule has 0 spiro atoms. The molecule has 0 radical (unpaired) electrons. The van der Waals surface area contributed by atoms with Crippen LogP contribution >= 0.6 is 0 Å². The Morgan fingerprint density at radius 3 is 2.89 bits per heavy atom. The summed E-state index contributed by atoms with van der Waals surface area (Å²) in [6.07, 6.45) is 3.69. The molecular formula is C19H26N6O2. The fraction of sp³-hybridized carbons (Fsp3) is 0.421. The second-order valence-electron chi connectivity index (χ2n) is 6.51. The van der Waals surface area contributed by atoms with Crippen LogP contribution in [0.3, 0.4) is 0 Å². The van der Waals surface area contributed by atoms with Crippen LogP contribution < -0.4 is 5.32 Å². The smallest absolute Gasteiger partial charge is 0.253 e. The number of anilines is 1. The van der Waals surface area contributed by atoms with Crippen LogP contribution in [0.1, 0.15) is 16.2 Å². The van der Waals surface area contributed by atoms with Crippen LogP contribution in [0.4, 0.5) is 5.95 Å². The highest BCUT2D eigenvalue weighted by Crippen LogP contribution is 2.20. The molecule has 0 aliphatic rings. The van der Waals surface area contributed by atoms with Gasteiger partial charge in [-0.25, -0.2) is 9.97 Å². The van der Waals surface area contributed by atoms with Gasteiger partial charge in [-0.2, -0.15) is 0 Å². The average molecular weight is 370 g/mol. The molecule has 0 aliphatic carbocycles. The first-order valence-corrected chi connectivity index (χ1v) is 8.93. The number of nitrogens with one attached hydrogen (secondary N) is 1. The number of hydrogen-bond donors (Lipinski definition) is 1. The van der Waals surface area contributed by atoms with Crippen LogP contribution in [0.15, 0.2) is 30.6 Å². The third-order valence-electron chi connectivity index (χ3n) is 4.66. The van der Waals surface area contributed by atoms with Crippen molar-refractivity contribution in [3.05, 3.63) is 42.0 Å². The highest BCUT2D eigenvalue weighted by atomic mass is 16.5. The Morgan fingerprint density at radius 2 is 2.19 bits per heavy atom. The summed E-state index contributed by atoms with van der Waals surface area (Å²) >= 11 is 0. The second-order valence-corrected chi connectivity index (χ2v) is 6.51. The molecule has 144 valence electrons. The van der Waals surface area contributed by atoms with E-state index >= 15 is 0 Å². The molecule has 0 unspecified atom stereocenters. The predicted octanol–water partition coefficient (Wildman–Crippen LogP) is 1.91. The number of rotatable bonds is 8. The summed E-state index contributed by atoms with van der Waals surface area (Å²) in [5, 5.41) is 3.24. The fourth-order valence-electron chi connectivity index (χ4n) is 2.98. The molecule has 0 saturated carbocycles. The number of likely N-dealkylation sites (N-methyl/N-ethyl adjacent to an activating group) is 1. The molecule has 0 aliphatic heterocycles. The first kappa shape index (κ1) is 18.9. The number of amides is 1. The quantitative estimate of drug-likeness (QED) is 0.613. The number of ether oxygens (including phenoxy) is 1. The lowest BCUT2D eigenvalue weighted by molar-refractivity contribution is 0.0790. The summed E-state index contributed by atoms with van der Waals surface area (Å²) in [5.74, 6) is 1.68. The number of aryl methyl sites for hydroxylation is 2. The number of benzene rings is 1. The third-order valence-corrected chi connectivity index (χ3v) is 4.66.